The summed E-state index contributed by atoms with van der Waals surface area (Å²) in [6, 6.07) is 10.2. The van der Waals surface area contributed by atoms with Crippen LogP contribution in [0.1, 0.15) is 5.76 Å². The molecule has 0 saturated heterocycles. The average Bonchev–Trinajstić information content (AvgIpc) is 3.01. The lowest BCUT2D eigenvalue weighted by atomic mass is 10.2. The minimum Gasteiger partial charge on any atom is -0.455 e. The predicted molar refractivity (Wildman–Crippen MR) is 70.8 cm³/mol. The van der Waals surface area contributed by atoms with Crippen molar-refractivity contribution in [1.29, 1.82) is 0 Å². The number of thioether (sulfide) groups is 1. The minimum absolute atomic E-state index is 0.909. The van der Waals surface area contributed by atoms with Crippen molar-refractivity contribution in [2.24, 2.45) is 4.99 Å². The molecule has 0 N–H and O–H groups in total. The zero-order chi connectivity index (χ0) is 11.2. The van der Waals surface area contributed by atoms with E-state index in [0.29, 0.717) is 0 Å². The van der Waals surface area contributed by atoms with Gasteiger partial charge in [0.1, 0.15) is 11.3 Å². The number of amidine groups is 1. The van der Waals surface area contributed by atoms with Crippen LogP contribution in [0.3, 0.4) is 0 Å². The van der Waals surface area contributed by atoms with E-state index in [9.17, 15) is 0 Å². The minimum atomic E-state index is 0.909. The van der Waals surface area contributed by atoms with Gasteiger partial charge in [-0.05, 0) is 23.9 Å². The lowest BCUT2D eigenvalue weighted by Gasteiger charge is -2.04. The van der Waals surface area contributed by atoms with Crippen molar-refractivity contribution in [2.75, 3.05) is 13.1 Å². The summed E-state index contributed by atoms with van der Waals surface area (Å²) in [5.41, 5.74) is 0.943. The van der Waals surface area contributed by atoms with Crippen LogP contribution in [0.15, 0.2) is 45.9 Å². The van der Waals surface area contributed by atoms with Crippen LogP contribution in [0, 0.1) is 0 Å². The van der Waals surface area contributed by atoms with Crippen LogP contribution in [0.2, 0.25) is 0 Å². The van der Waals surface area contributed by atoms with Gasteiger partial charge >= 0.3 is 0 Å². The fraction of sp³-hybridized carbons (Fsp3) is 0.154. The molecule has 84 valence electrons. The highest BCUT2D eigenvalue weighted by molar-refractivity contribution is 8.22. The van der Waals surface area contributed by atoms with E-state index in [-0.39, 0.29) is 0 Å². The molecule has 0 fully saturated rings. The molecule has 3 nitrogen and oxygen atoms in total. The Morgan fingerprint density at radius 1 is 1.29 bits per heavy atom. The average molecular weight is 242 g/mol. The van der Waals surface area contributed by atoms with Crippen molar-refractivity contribution in [3.8, 4) is 0 Å². The number of rotatable bonds is 1. The third-order valence-corrected chi connectivity index (χ3v) is 4.05. The fourth-order valence-electron chi connectivity index (χ4n) is 2.13. The molecule has 0 aliphatic carbocycles. The van der Waals surface area contributed by atoms with E-state index in [1.54, 1.807) is 11.8 Å². The third-order valence-electron chi connectivity index (χ3n) is 2.98. The van der Waals surface area contributed by atoms with Crippen molar-refractivity contribution in [1.82, 2.24) is 4.90 Å². The smallest absolute Gasteiger partial charge is 0.168 e. The Bertz CT molecular complexity index is 623. The van der Waals surface area contributed by atoms with Crippen LogP contribution in [0.5, 0.6) is 0 Å². The molecule has 4 rings (SSSR count). The molecule has 1 aromatic carbocycles. The number of furan rings is 1. The van der Waals surface area contributed by atoms with Gasteiger partial charge in [-0.25, -0.2) is 0 Å². The fourth-order valence-corrected chi connectivity index (χ4v) is 3.13. The first-order valence-corrected chi connectivity index (χ1v) is 6.41. The van der Waals surface area contributed by atoms with Crippen LogP contribution in [-0.2, 0) is 0 Å². The van der Waals surface area contributed by atoms with Crippen LogP contribution < -0.4 is 0 Å². The van der Waals surface area contributed by atoms with Crippen molar-refractivity contribution in [3.63, 3.8) is 0 Å². The number of para-hydroxylation sites is 1. The first kappa shape index (κ1) is 9.36. The Balaban J connectivity index is 1.78. The van der Waals surface area contributed by atoms with Crippen LogP contribution in [0.4, 0.5) is 0 Å². The van der Waals surface area contributed by atoms with E-state index in [1.165, 1.54) is 0 Å². The molecule has 0 atom stereocenters. The second-order valence-electron chi connectivity index (χ2n) is 4.10. The topological polar surface area (TPSA) is 28.7 Å². The van der Waals surface area contributed by atoms with Crippen molar-refractivity contribution in [2.45, 2.75) is 0 Å². The summed E-state index contributed by atoms with van der Waals surface area (Å²) in [7, 11) is 0. The first-order chi connectivity index (χ1) is 8.40. The van der Waals surface area contributed by atoms with Gasteiger partial charge < -0.3 is 9.32 Å². The highest BCUT2D eigenvalue weighted by Crippen LogP contribution is 2.39. The Kier molecular flexibility index (Phi) is 1.87. The van der Waals surface area contributed by atoms with Crippen LogP contribution >= 0.6 is 11.8 Å². The number of benzene rings is 1. The first-order valence-electron chi connectivity index (χ1n) is 5.60. The Labute approximate surface area is 103 Å². The van der Waals surface area contributed by atoms with E-state index in [2.05, 4.69) is 28.2 Å². The Hall–Kier alpha value is -1.68. The molecular formula is C13H10N2OS. The van der Waals surface area contributed by atoms with Gasteiger partial charge in [-0.1, -0.05) is 18.2 Å². The van der Waals surface area contributed by atoms with Gasteiger partial charge in [0.25, 0.3) is 0 Å². The maximum atomic E-state index is 5.85. The third kappa shape index (κ3) is 1.41. The molecule has 0 saturated carbocycles. The molecule has 2 aliphatic heterocycles. The molecule has 2 aliphatic rings. The van der Waals surface area contributed by atoms with E-state index in [1.807, 2.05) is 18.2 Å². The Morgan fingerprint density at radius 2 is 2.24 bits per heavy atom. The SMILES string of the molecule is C1=C(c2cc3ccccc3o2)SC2=NCCN12. The Morgan fingerprint density at radius 3 is 3.12 bits per heavy atom. The zero-order valence-electron chi connectivity index (χ0n) is 9.09. The number of nitrogens with zero attached hydrogens (tertiary/aromatic N) is 2. The summed E-state index contributed by atoms with van der Waals surface area (Å²) in [5.74, 6) is 0.938. The van der Waals surface area contributed by atoms with Gasteiger partial charge in [0.15, 0.2) is 5.17 Å². The molecule has 1 aromatic heterocycles. The van der Waals surface area contributed by atoms with Crippen molar-refractivity contribution < 1.29 is 4.42 Å². The van der Waals surface area contributed by atoms with Crippen LogP contribution in [-0.4, -0.2) is 23.2 Å². The van der Waals surface area contributed by atoms with E-state index >= 15 is 0 Å². The van der Waals surface area contributed by atoms with Crippen molar-refractivity contribution in [3.05, 3.63) is 42.3 Å². The molecule has 17 heavy (non-hydrogen) atoms. The maximum Gasteiger partial charge on any atom is 0.168 e. The monoisotopic (exact) mass is 242 g/mol. The zero-order valence-corrected chi connectivity index (χ0v) is 9.91. The quantitative estimate of drug-likeness (QED) is 0.769. The van der Waals surface area contributed by atoms with Crippen molar-refractivity contribution >= 4 is 32.8 Å². The molecule has 0 amide bonds. The molecule has 2 aromatic rings. The summed E-state index contributed by atoms with van der Waals surface area (Å²) in [5, 5.41) is 2.25. The predicted octanol–water partition coefficient (Wildman–Crippen LogP) is 3.15. The molecule has 0 bridgehead atoms. The van der Waals surface area contributed by atoms with E-state index in [0.717, 1.165) is 39.9 Å². The number of hydrogen-bond acceptors (Lipinski definition) is 4. The molecule has 0 spiro atoms. The lowest BCUT2D eigenvalue weighted by molar-refractivity contribution is 0.596. The van der Waals surface area contributed by atoms with Gasteiger partial charge in [-0.3, -0.25) is 4.99 Å². The highest BCUT2D eigenvalue weighted by atomic mass is 32.2. The number of hydrogen-bond donors (Lipinski definition) is 0. The summed E-state index contributed by atoms with van der Waals surface area (Å²) in [6.45, 7) is 1.90. The standard InChI is InChI=1S/C13H10N2OS/c1-2-4-10-9(3-1)7-11(16-10)12-8-15-6-5-14-13(15)17-12/h1-4,7-8H,5-6H2. The second-order valence-corrected chi connectivity index (χ2v) is 5.11. The largest absolute Gasteiger partial charge is 0.455 e. The van der Waals surface area contributed by atoms with Gasteiger partial charge in [0.05, 0.1) is 11.4 Å². The molecule has 4 heteroatoms. The molecular weight excluding hydrogens is 232 g/mol. The summed E-state index contributed by atoms with van der Waals surface area (Å²) in [6.07, 6.45) is 2.13. The highest BCUT2D eigenvalue weighted by Gasteiger charge is 2.26. The van der Waals surface area contributed by atoms with Crippen LogP contribution in [0.25, 0.3) is 15.9 Å². The number of aliphatic imine (C=N–C) groups is 1. The molecule has 0 radical (unpaired) electrons. The van der Waals surface area contributed by atoms with Gasteiger partial charge in [-0.2, -0.15) is 0 Å². The molecule has 3 heterocycles. The van der Waals surface area contributed by atoms with Gasteiger partial charge in [0, 0.05) is 18.1 Å². The number of fused-ring (bicyclic) bond motifs is 2. The second kappa shape index (κ2) is 3.40. The van der Waals surface area contributed by atoms with Gasteiger partial charge in [0.2, 0.25) is 0 Å². The van der Waals surface area contributed by atoms with Gasteiger partial charge in [-0.15, -0.1) is 0 Å². The summed E-state index contributed by atoms with van der Waals surface area (Å²) in [4.78, 5) is 7.78. The van der Waals surface area contributed by atoms with E-state index in [4.69, 9.17) is 4.42 Å². The van der Waals surface area contributed by atoms with E-state index < -0.39 is 0 Å². The summed E-state index contributed by atoms with van der Waals surface area (Å²) >= 11 is 1.69. The maximum absolute atomic E-state index is 5.85. The summed E-state index contributed by atoms with van der Waals surface area (Å²) < 4.78 is 5.85. The molecule has 0 unspecified atom stereocenters. The normalized spacial score (nSPS) is 18.5. The lowest BCUT2D eigenvalue weighted by Crippen LogP contribution is -2.14.